The molecule has 1 unspecified atom stereocenters. The number of fused-ring (bicyclic) bond motifs is 2. The molecule has 3 atom stereocenters. The summed E-state index contributed by atoms with van der Waals surface area (Å²) < 4.78 is 0. The van der Waals surface area contributed by atoms with Crippen LogP contribution in [0.3, 0.4) is 0 Å². The minimum Gasteiger partial charge on any atom is -0.390 e. The molecule has 3 heteroatoms. The van der Waals surface area contributed by atoms with Gasteiger partial charge in [0.1, 0.15) is 0 Å². The normalized spacial score (nSPS) is 25.7. The van der Waals surface area contributed by atoms with E-state index in [-0.39, 0.29) is 17.9 Å². The molecular formula is C18H17NO2. The molecule has 1 amide bonds. The van der Waals surface area contributed by atoms with Crippen molar-refractivity contribution in [2.45, 2.75) is 30.9 Å². The number of benzene rings is 2. The molecule has 0 aromatic heterocycles. The number of carbonyl (C=O) groups is 1. The van der Waals surface area contributed by atoms with Gasteiger partial charge in [-0.05, 0) is 28.7 Å². The average Bonchev–Trinajstić information content (AvgIpc) is 2.77. The Labute approximate surface area is 123 Å². The van der Waals surface area contributed by atoms with E-state index < -0.39 is 6.10 Å². The number of nitrogens with one attached hydrogen (secondary N) is 1. The molecule has 2 aromatic rings. The maximum atomic E-state index is 12.5. The van der Waals surface area contributed by atoms with Crippen molar-refractivity contribution in [3.05, 3.63) is 70.8 Å². The van der Waals surface area contributed by atoms with Crippen molar-refractivity contribution in [2.24, 2.45) is 0 Å². The highest BCUT2D eigenvalue weighted by atomic mass is 16.3. The molecule has 0 radical (unpaired) electrons. The SMILES string of the molecule is O=C(N[C@@H]1c2ccccc2C[C@@H]1O)C1Cc2ccccc21. The van der Waals surface area contributed by atoms with Gasteiger partial charge < -0.3 is 10.4 Å². The fourth-order valence-corrected chi connectivity index (χ4v) is 3.49. The molecule has 106 valence electrons. The lowest BCUT2D eigenvalue weighted by Crippen LogP contribution is -2.40. The lowest BCUT2D eigenvalue weighted by molar-refractivity contribution is -0.124. The highest BCUT2D eigenvalue weighted by molar-refractivity contribution is 5.87. The first-order chi connectivity index (χ1) is 10.2. The molecule has 0 fully saturated rings. The van der Waals surface area contributed by atoms with Gasteiger partial charge in [-0.25, -0.2) is 0 Å². The second-order valence-electron chi connectivity index (χ2n) is 5.91. The second-order valence-corrected chi connectivity index (χ2v) is 5.91. The first-order valence-electron chi connectivity index (χ1n) is 7.38. The highest BCUT2D eigenvalue weighted by Crippen LogP contribution is 2.37. The molecule has 2 aliphatic carbocycles. The molecule has 21 heavy (non-hydrogen) atoms. The van der Waals surface area contributed by atoms with Gasteiger partial charge in [0.2, 0.25) is 5.91 Å². The summed E-state index contributed by atoms with van der Waals surface area (Å²) in [6.07, 6.45) is 0.885. The van der Waals surface area contributed by atoms with E-state index in [0.717, 1.165) is 23.1 Å². The summed E-state index contributed by atoms with van der Waals surface area (Å²) in [4.78, 5) is 12.5. The molecular weight excluding hydrogens is 262 g/mol. The maximum absolute atomic E-state index is 12.5. The largest absolute Gasteiger partial charge is 0.390 e. The predicted molar refractivity (Wildman–Crippen MR) is 79.9 cm³/mol. The quantitative estimate of drug-likeness (QED) is 0.884. The minimum absolute atomic E-state index is 0.0226. The van der Waals surface area contributed by atoms with Gasteiger partial charge in [0.15, 0.2) is 0 Å². The number of rotatable bonds is 2. The zero-order valence-electron chi connectivity index (χ0n) is 11.6. The molecule has 2 aromatic carbocycles. The second kappa shape index (κ2) is 4.71. The van der Waals surface area contributed by atoms with Crippen molar-refractivity contribution < 1.29 is 9.90 Å². The third-order valence-corrected chi connectivity index (χ3v) is 4.67. The summed E-state index contributed by atoms with van der Waals surface area (Å²) in [5, 5.41) is 13.3. The Morgan fingerprint density at radius 2 is 1.57 bits per heavy atom. The lowest BCUT2D eigenvalue weighted by atomic mass is 9.77. The van der Waals surface area contributed by atoms with Crippen molar-refractivity contribution in [1.29, 1.82) is 0 Å². The van der Waals surface area contributed by atoms with Gasteiger partial charge in [0.25, 0.3) is 0 Å². The summed E-state index contributed by atoms with van der Waals surface area (Å²) in [5.41, 5.74) is 4.55. The van der Waals surface area contributed by atoms with Crippen molar-refractivity contribution in [1.82, 2.24) is 5.32 Å². The maximum Gasteiger partial charge on any atom is 0.228 e. The number of aliphatic hydroxyl groups is 1. The van der Waals surface area contributed by atoms with Gasteiger partial charge in [-0.15, -0.1) is 0 Å². The van der Waals surface area contributed by atoms with E-state index in [0.29, 0.717) is 6.42 Å². The molecule has 4 rings (SSSR count). The first-order valence-corrected chi connectivity index (χ1v) is 7.38. The summed E-state index contributed by atoms with van der Waals surface area (Å²) in [7, 11) is 0. The van der Waals surface area contributed by atoms with E-state index in [1.807, 2.05) is 42.5 Å². The van der Waals surface area contributed by atoms with E-state index in [1.165, 1.54) is 5.56 Å². The monoisotopic (exact) mass is 279 g/mol. The Hall–Kier alpha value is -2.13. The summed E-state index contributed by atoms with van der Waals surface area (Å²) >= 11 is 0. The zero-order chi connectivity index (χ0) is 14.4. The molecule has 2 N–H and O–H groups in total. The first kappa shape index (κ1) is 12.6. The molecule has 0 spiro atoms. The highest BCUT2D eigenvalue weighted by Gasteiger charge is 2.37. The van der Waals surface area contributed by atoms with Gasteiger partial charge >= 0.3 is 0 Å². The third-order valence-electron chi connectivity index (χ3n) is 4.67. The Kier molecular flexibility index (Phi) is 2.82. The van der Waals surface area contributed by atoms with Crippen LogP contribution in [0.1, 0.15) is 34.2 Å². The fraction of sp³-hybridized carbons (Fsp3) is 0.278. The molecule has 0 saturated heterocycles. The molecule has 0 heterocycles. The average molecular weight is 279 g/mol. The van der Waals surface area contributed by atoms with Crippen molar-refractivity contribution in [2.75, 3.05) is 0 Å². The van der Waals surface area contributed by atoms with Crippen LogP contribution in [0.4, 0.5) is 0 Å². The van der Waals surface area contributed by atoms with Gasteiger partial charge in [-0.3, -0.25) is 4.79 Å². The van der Waals surface area contributed by atoms with E-state index in [9.17, 15) is 9.90 Å². The van der Waals surface area contributed by atoms with Gasteiger partial charge in [-0.1, -0.05) is 48.5 Å². The van der Waals surface area contributed by atoms with Crippen LogP contribution >= 0.6 is 0 Å². The number of hydrogen-bond acceptors (Lipinski definition) is 2. The van der Waals surface area contributed by atoms with E-state index >= 15 is 0 Å². The Morgan fingerprint density at radius 3 is 2.29 bits per heavy atom. The number of carbonyl (C=O) groups excluding carboxylic acids is 1. The number of aliphatic hydroxyl groups excluding tert-OH is 1. The van der Waals surface area contributed by atoms with Crippen LogP contribution in [0, 0.1) is 0 Å². The minimum atomic E-state index is -0.526. The van der Waals surface area contributed by atoms with Gasteiger partial charge in [-0.2, -0.15) is 0 Å². The molecule has 3 nitrogen and oxygen atoms in total. The van der Waals surface area contributed by atoms with Gasteiger partial charge in [0.05, 0.1) is 18.1 Å². The van der Waals surface area contributed by atoms with Crippen molar-refractivity contribution in [3.8, 4) is 0 Å². The molecule has 2 aliphatic rings. The standard InChI is InChI=1S/C18H17NO2/c20-16-10-12-6-2-4-8-14(12)17(16)19-18(21)15-9-11-5-1-3-7-13(11)15/h1-8,15-17,20H,9-10H2,(H,19,21)/t15?,16-,17+/m0/s1. The third kappa shape index (κ3) is 1.96. The molecule has 0 aliphatic heterocycles. The summed E-state index contributed by atoms with van der Waals surface area (Å²) in [6, 6.07) is 15.7. The number of hydrogen-bond donors (Lipinski definition) is 2. The van der Waals surface area contributed by atoms with Crippen LogP contribution in [0.15, 0.2) is 48.5 Å². The Morgan fingerprint density at radius 1 is 0.952 bits per heavy atom. The van der Waals surface area contributed by atoms with E-state index in [1.54, 1.807) is 0 Å². The molecule has 0 bridgehead atoms. The van der Waals surface area contributed by atoms with Crippen LogP contribution in [-0.4, -0.2) is 17.1 Å². The van der Waals surface area contributed by atoms with Crippen LogP contribution < -0.4 is 5.32 Å². The van der Waals surface area contributed by atoms with Crippen LogP contribution in [-0.2, 0) is 17.6 Å². The van der Waals surface area contributed by atoms with Crippen LogP contribution in [0.5, 0.6) is 0 Å². The van der Waals surface area contributed by atoms with Crippen molar-refractivity contribution in [3.63, 3.8) is 0 Å². The number of amides is 1. The summed E-state index contributed by atoms with van der Waals surface area (Å²) in [5.74, 6) is -0.0457. The van der Waals surface area contributed by atoms with Gasteiger partial charge in [0, 0.05) is 6.42 Å². The van der Waals surface area contributed by atoms with Crippen LogP contribution in [0.25, 0.3) is 0 Å². The lowest BCUT2D eigenvalue weighted by Gasteiger charge is -2.30. The molecule has 0 saturated carbocycles. The summed E-state index contributed by atoms with van der Waals surface area (Å²) in [6.45, 7) is 0. The van der Waals surface area contributed by atoms with E-state index in [4.69, 9.17) is 0 Å². The Balaban J connectivity index is 1.54. The Bertz CT molecular complexity index is 710. The van der Waals surface area contributed by atoms with Crippen molar-refractivity contribution >= 4 is 5.91 Å². The topological polar surface area (TPSA) is 49.3 Å². The van der Waals surface area contributed by atoms with E-state index in [2.05, 4.69) is 11.4 Å². The predicted octanol–water partition coefficient (Wildman–Crippen LogP) is 2.10. The zero-order valence-corrected chi connectivity index (χ0v) is 11.6. The van der Waals surface area contributed by atoms with Crippen LogP contribution in [0.2, 0.25) is 0 Å². The smallest absolute Gasteiger partial charge is 0.228 e. The fourth-order valence-electron chi connectivity index (χ4n) is 3.49.